The lowest BCUT2D eigenvalue weighted by Crippen LogP contribution is -2.32. The largest absolute Gasteiger partial charge is 0.550 e. The van der Waals surface area contributed by atoms with E-state index in [1.54, 1.807) is 0 Å². The van der Waals surface area contributed by atoms with Gasteiger partial charge >= 0.3 is 0 Å². The Morgan fingerprint density at radius 2 is 1.76 bits per heavy atom. The van der Waals surface area contributed by atoms with Crippen molar-refractivity contribution >= 4 is 5.97 Å². The van der Waals surface area contributed by atoms with Crippen molar-refractivity contribution in [2.75, 3.05) is 0 Å². The first-order chi connectivity index (χ1) is 10.1. The van der Waals surface area contributed by atoms with Gasteiger partial charge in [0, 0.05) is 18.8 Å². The molecule has 0 aromatic carbocycles. The first-order valence-electron chi connectivity index (χ1n) is 8.38. The Kier molecular flexibility index (Phi) is 8.79. The summed E-state index contributed by atoms with van der Waals surface area (Å²) < 4.78 is 4.13. The number of aromatic nitrogens is 2. The number of hydrogen-bond acceptors (Lipinski definition) is 2. The van der Waals surface area contributed by atoms with Crippen molar-refractivity contribution in [3.8, 4) is 0 Å². The Labute approximate surface area is 128 Å². The van der Waals surface area contributed by atoms with Crippen molar-refractivity contribution in [3.63, 3.8) is 0 Å². The highest BCUT2D eigenvalue weighted by Crippen LogP contribution is 2.10. The number of carboxylic acid groups (broad SMARTS) is 1. The fourth-order valence-electron chi connectivity index (χ4n) is 2.71. The number of nitrogens with zero attached hydrogens (tertiary/aromatic N) is 2. The minimum absolute atomic E-state index is 0.0824. The second-order valence-electron chi connectivity index (χ2n) is 5.87. The Bertz CT molecular complexity index is 413. The molecule has 0 fully saturated rings. The predicted octanol–water partition coefficient (Wildman–Crippen LogP) is 2.14. The number of imidazole rings is 1. The standard InChI is InChI=1S/C17H30N2O2/c1-3-4-5-6-7-8-9-10-11-16-18(2)14-15-19(16)13-12-17(20)21/h14-15H,3-13H2,1-2H3. The first-order valence-corrected chi connectivity index (χ1v) is 8.38. The van der Waals surface area contributed by atoms with Crippen LogP contribution in [0, 0.1) is 0 Å². The molecule has 4 nitrogen and oxygen atoms in total. The molecule has 0 radical (unpaired) electrons. The lowest BCUT2D eigenvalue weighted by molar-refractivity contribution is -0.678. The summed E-state index contributed by atoms with van der Waals surface area (Å²) in [4.78, 5) is 10.6. The summed E-state index contributed by atoms with van der Waals surface area (Å²) in [6.07, 6.45) is 15.6. The van der Waals surface area contributed by atoms with Crippen LogP contribution in [0.25, 0.3) is 0 Å². The Morgan fingerprint density at radius 1 is 1.14 bits per heavy atom. The third-order valence-corrected chi connectivity index (χ3v) is 4.02. The van der Waals surface area contributed by atoms with Crippen molar-refractivity contribution in [3.05, 3.63) is 18.2 Å². The molecule has 1 heterocycles. The summed E-state index contributed by atoms with van der Waals surface area (Å²) in [5.41, 5.74) is 0. The van der Waals surface area contributed by atoms with E-state index in [0.717, 1.165) is 6.42 Å². The van der Waals surface area contributed by atoms with Gasteiger partial charge in [0.15, 0.2) is 0 Å². The number of unbranched alkanes of at least 4 members (excludes halogenated alkanes) is 7. The zero-order valence-electron chi connectivity index (χ0n) is 13.6. The highest BCUT2D eigenvalue weighted by Gasteiger charge is 2.13. The topological polar surface area (TPSA) is 48.9 Å². The number of carbonyl (C=O) groups is 1. The molecule has 1 aromatic rings. The second-order valence-corrected chi connectivity index (χ2v) is 5.87. The molecule has 0 saturated heterocycles. The van der Waals surface area contributed by atoms with Crippen molar-refractivity contribution < 1.29 is 14.5 Å². The van der Waals surface area contributed by atoms with Crippen molar-refractivity contribution in [1.29, 1.82) is 0 Å². The molecule has 0 aliphatic heterocycles. The monoisotopic (exact) mass is 294 g/mol. The van der Waals surface area contributed by atoms with Crippen LogP contribution in [0.15, 0.2) is 12.4 Å². The van der Waals surface area contributed by atoms with Gasteiger partial charge in [-0.3, -0.25) is 0 Å². The van der Waals surface area contributed by atoms with Crippen LogP contribution < -0.4 is 9.67 Å². The number of aryl methyl sites for hydroxylation is 2. The van der Waals surface area contributed by atoms with Crippen LogP contribution in [0.5, 0.6) is 0 Å². The molecular weight excluding hydrogens is 264 g/mol. The van der Waals surface area contributed by atoms with Crippen LogP contribution in [0.4, 0.5) is 0 Å². The van der Waals surface area contributed by atoms with Gasteiger partial charge < -0.3 is 9.90 Å². The number of carboxylic acids is 1. The third kappa shape index (κ3) is 7.30. The molecule has 0 amide bonds. The fraction of sp³-hybridized carbons (Fsp3) is 0.765. The molecule has 120 valence electrons. The van der Waals surface area contributed by atoms with Crippen molar-refractivity contribution in [2.45, 2.75) is 77.7 Å². The third-order valence-electron chi connectivity index (χ3n) is 4.02. The summed E-state index contributed by atoms with van der Waals surface area (Å²) in [5, 5.41) is 10.6. The van der Waals surface area contributed by atoms with Crippen LogP contribution in [0.1, 0.15) is 70.5 Å². The second kappa shape index (κ2) is 10.4. The van der Waals surface area contributed by atoms with E-state index >= 15 is 0 Å². The average molecular weight is 294 g/mol. The van der Waals surface area contributed by atoms with Gasteiger partial charge in [-0.05, 0) is 6.42 Å². The van der Waals surface area contributed by atoms with Crippen LogP contribution in [-0.2, 0) is 24.8 Å². The van der Waals surface area contributed by atoms with E-state index in [-0.39, 0.29) is 6.42 Å². The van der Waals surface area contributed by atoms with Gasteiger partial charge in [0.2, 0.25) is 0 Å². The summed E-state index contributed by atoms with van der Waals surface area (Å²) >= 11 is 0. The first kappa shape index (κ1) is 17.7. The van der Waals surface area contributed by atoms with E-state index in [9.17, 15) is 9.90 Å². The van der Waals surface area contributed by atoms with Gasteiger partial charge in [-0.15, -0.1) is 0 Å². The zero-order chi connectivity index (χ0) is 15.5. The molecule has 0 N–H and O–H groups in total. The summed E-state index contributed by atoms with van der Waals surface area (Å²) in [5.74, 6) is 0.228. The van der Waals surface area contributed by atoms with E-state index in [4.69, 9.17) is 0 Å². The van der Waals surface area contributed by atoms with Gasteiger partial charge in [0.25, 0.3) is 5.82 Å². The maximum Gasteiger partial charge on any atom is 0.256 e. The predicted molar refractivity (Wildman–Crippen MR) is 81.5 cm³/mol. The highest BCUT2D eigenvalue weighted by atomic mass is 16.4. The van der Waals surface area contributed by atoms with Crippen LogP contribution >= 0.6 is 0 Å². The molecule has 1 aromatic heterocycles. The number of hydrogen-bond donors (Lipinski definition) is 0. The van der Waals surface area contributed by atoms with Gasteiger partial charge in [0.05, 0.1) is 13.6 Å². The summed E-state index contributed by atoms with van der Waals surface area (Å²) in [6, 6.07) is 0. The molecule has 0 aliphatic rings. The normalized spacial score (nSPS) is 11.0. The molecule has 1 rings (SSSR count). The minimum Gasteiger partial charge on any atom is -0.550 e. The zero-order valence-corrected chi connectivity index (χ0v) is 13.6. The van der Waals surface area contributed by atoms with Crippen molar-refractivity contribution in [2.24, 2.45) is 7.05 Å². The van der Waals surface area contributed by atoms with E-state index in [0.29, 0.717) is 6.54 Å². The molecule has 21 heavy (non-hydrogen) atoms. The maximum absolute atomic E-state index is 10.6. The molecule has 0 unspecified atom stereocenters. The highest BCUT2D eigenvalue weighted by molar-refractivity contribution is 5.64. The van der Waals surface area contributed by atoms with Crippen LogP contribution in [0.2, 0.25) is 0 Å². The molecule has 4 heteroatoms. The van der Waals surface area contributed by atoms with Gasteiger partial charge in [-0.25, -0.2) is 9.13 Å². The maximum atomic E-state index is 10.6. The van der Waals surface area contributed by atoms with Crippen LogP contribution in [0.3, 0.4) is 0 Å². The smallest absolute Gasteiger partial charge is 0.256 e. The SMILES string of the molecule is CCCCCCCCCCc1n(CCC(=O)[O-])cc[n+]1C. The molecule has 0 spiro atoms. The van der Waals surface area contributed by atoms with E-state index < -0.39 is 5.97 Å². The Morgan fingerprint density at radius 3 is 2.38 bits per heavy atom. The van der Waals surface area contributed by atoms with E-state index in [1.807, 2.05) is 24.0 Å². The minimum atomic E-state index is -0.982. The van der Waals surface area contributed by atoms with Crippen molar-refractivity contribution in [1.82, 2.24) is 4.57 Å². The lowest BCUT2D eigenvalue weighted by Gasteiger charge is -2.04. The summed E-state index contributed by atoms with van der Waals surface area (Å²) in [7, 11) is 2.02. The molecule has 0 saturated carbocycles. The molecule has 0 bridgehead atoms. The Balaban J connectivity index is 2.22. The Hall–Kier alpha value is -1.32. The summed E-state index contributed by atoms with van der Waals surface area (Å²) in [6.45, 7) is 2.76. The van der Waals surface area contributed by atoms with Gasteiger partial charge in [-0.1, -0.05) is 51.9 Å². The fourth-order valence-corrected chi connectivity index (χ4v) is 2.71. The van der Waals surface area contributed by atoms with E-state index in [2.05, 4.69) is 11.5 Å². The van der Waals surface area contributed by atoms with E-state index in [1.165, 1.54) is 57.2 Å². The van der Waals surface area contributed by atoms with Gasteiger partial charge in [-0.2, -0.15) is 0 Å². The lowest BCUT2D eigenvalue weighted by atomic mass is 10.1. The van der Waals surface area contributed by atoms with Crippen LogP contribution in [-0.4, -0.2) is 10.5 Å². The number of carbonyl (C=O) groups excluding carboxylic acids is 1. The number of rotatable bonds is 12. The molecule has 0 aliphatic carbocycles. The molecule has 0 atom stereocenters. The number of aliphatic carboxylic acids is 1. The van der Waals surface area contributed by atoms with Gasteiger partial charge in [0.1, 0.15) is 12.4 Å². The molecular formula is C17H30N2O2. The average Bonchev–Trinajstić information content (AvgIpc) is 2.80. The quantitative estimate of drug-likeness (QED) is 0.438.